The molecule has 1 aliphatic heterocycles. The summed E-state index contributed by atoms with van der Waals surface area (Å²) in [4.78, 5) is 24.8. The van der Waals surface area contributed by atoms with Gasteiger partial charge in [-0.15, -0.1) is 0 Å². The number of benzene rings is 1. The fraction of sp³-hybridized carbons (Fsp3) is 0.538. The van der Waals surface area contributed by atoms with Crippen molar-refractivity contribution in [3.05, 3.63) is 41.6 Å². The number of aromatic nitrogens is 4. The summed E-state index contributed by atoms with van der Waals surface area (Å²) in [6, 6.07) is 7.85. The Morgan fingerprint density at radius 2 is 1.79 bits per heavy atom. The molecule has 1 aliphatic rings. The molecule has 182 valence electrons. The van der Waals surface area contributed by atoms with E-state index in [1.807, 2.05) is 35.1 Å². The Morgan fingerprint density at radius 3 is 2.44 bits per heavy atom. The highest BCUT2D eigenvalue weighted by molar-refractivity contribution is 7.99. The van der Waals surface area contributed by atoms with E-state index in [4.69, 9.17) is 9.97 Å². The molecular weight excluding hydrogens is 444 g/mol. The van der Waals surface area contributed by atoms with Crippen molar-refractivity contribution in [1.82, 2.24) is 25.1 Å². The van der Waals surface area contributed by atoms with Gasteiger partial charge in [0.2, 0.25) is 0 Å². The highest BCUT2D eigenvalue weighted by atomic mass is 32.2. The molecule has 1 fully saturated rings. The van der Waals surface area contributed by atoms with Crippen LogP contribution in [0.5, 0.6) is 0 Å². The second-order valence-corrected chi connectivity index (χ2v) is 11.8. The molecule has 2 aromatic heterocycles. The van der Waals surface area contributed by atoms with Gasteiger partial charge in [-0.05, 0) is 42.4 Å². The molecular formula is C26H36N6OS. The summed E-state index contributed by atoms with van der Waals surface area (Å²) in [5.41, 5.74) is 2.79. The van der Waals surface area contributed by atoms with Crippen molar-refractivity contribution in [2.24, 2.45) is 0 Å². The van der Waals surface area contributed by atoms with Gasteiger partial charge < -0.3 is 10.2 Å². The van der Waals surface area contributed by atoms with Crippen LogP contribution in [0.3, 0.4) is 0 Å². The molecule has 34 heavy (non-hydrogen) atoms. The van der Waals surface area contributed by atoms with E-state index in [2.05, 4.69) is 49.9 Å². The van der Waals surface area contributed by atoms with E-state index in [0.717, 1.165) is 35.1 Å². The number of carbonyl (C=O) groups excluding carboxylic acids is 1. The van der Waals surface area contributed by atoms with Gasteiger partial charge in [0.1, 0.15) is 5.82 Å². The first-order valence-electron chi connectivity index (χ1n) is 12.3. The van der Waals surface area contributed by atoms with Crippen LogP contribution in [0.4, 0.5) is 5.82 Å². The third-order valence-electron chi connectivity index (χ3n) is 6.07. The fourth-order valence-electron chi connectivity index (χ4n) is 4.19. The molecule has 0 atom stereocenters. The van der Waals surface area contributed by atoms with Gasteiger partial charge in [0.05, 0.1) is 18.1 Å². The predicted octanol–water partition coefficient (Wildman–Crippen LogP) is 5.04. The van der Waals surface area contributed by atoms with E-state index in [1.165, 1.54) is 24.8 Å². The first-order valence-corrected chi connectivity index (χ1v) is 13.1. The predicted molar refractivity (Wildman–Crippen MR) is 140 cm³/mol. The third kappa shape index (κ3) is 5.71. The average Bonchev–Trinajstić information content (AvgIpc) is 3.21. The zero-order valence-electron chi connectivity index (χ0n) is 21.0. The minimum atomic E-state index is -0.0726. The van der Waals surface area contributed by atoms with Crippen molar-refractivity contribution in [2.75, 3.05) is 24.5 Å². The summed E-state index contributed by atoms with van der Waals surface area (Å²) in [7, 11) is 0. The minimum absolute atomic E-state index is 0.0672. The lowest BCUT2D eigenvalue weighted by molar-refractivity contribution is 0.0952. The SMILES string of the molecule is CC(C)Sc1nc(N2CCCCC2)c2cnn(CCNC(=O)c3ccc(C(C)(C)C)cc3)c2n1. The molecule has 1 aromatic carbocycles. The quantitative estimate of drug-likeness (QED) is 0.377. The van der Waals surface area contributed by atoms with E-state index < -0.39 is 0 Å². The van der Waals surface area contributed by atoms with E-state index in [-0.39, 0.29) is 11.3 Å². The maximum atomic E-state index is 12.7. The second kappa shape index (κ2) is 10.3. The monoisotopic (exact) mass is 480 g/mol. The van der Waals surface area contributed by atoms with E-state index in [0.29, 0.717) is 23.9 Å². The summed E-state index contributed by atoms with van der Waals surface area (Å²) in [5.74, 6) is 0.915. The summed E-state index contributed by atoms with van der Waals surface area (Å²) >= 11 is 1.67. The first-order chi connectivity index (χ1) is 16.2. The van der Waals surface area contributed by atoms with Crippen molar-refractivity contribution in [2.45, 2.75) is 76.2 Å². The molecule has 0 saturated carbocycles. The van der Waals surface area contributed by atoms with Gasteiger partial charge in [0.15, 0.2) is 10.8 Å². The maximum Gasteiger partial charge on any atom is 0.251 e. The Morgan fingerprint density at radius 1 is 1.09 bits per heavy atom. The van der Waals surface area contributed by atoms with Crippen LogP contribution < -0.4 is 10.2 Å². The lowest BCUT2D eigenvalue weighted by Crippen LogP contribution is -2.30. The standard InChI is InChI=1S/C26H36N6OS/c1-18(2)34-25-29-22(31-14-7-6-8-15-31)21-17-28-32(23(21)30-25)16-13-27-24(33)19-9-11-20(12-10-19)26(3,4)5/h9-12,17-18H,6-8,13-16H2,1-5H3,(H,27,33). The average molecular weight is 481 g/mol. The Balaban J connectivity index is 1.49. The van der Waals surface area contributed by atoms with Crippen molar-refractivity contribution < 1.29 is 4.79 Å². The highest BCUT2D eigenvalue weighted by Gasteiger charge is 2.20. The van der Waals surface area contributed by atoms with Crippen LogP contribution in [0.25, 0.3) is 11.0 Å². The number of thioether (sulfide) groups is 1. The van der Waals surface area contributed by atoms with Gasteiger partial charge >= 0.3 is 0 Å². The Hall–Kier alpha value is -2.61. The number of nitrogens with one attached hydrogen (secondary N) is 1. The molecule has 7 nitrogen and oxygen atoms in total. The van der Waals surface area contributed by atoms with Gasteiger partial charge in [-0.1, -0.05) is 58.5 Å². The van der Waals surface area contributed by atoms with Gasteiger partial charge in [-0.2, -0.15) is 5.10 Å². The number of amides is 1. The van der Waals surface area contributed by atoms with Gasteiger partial charge in [0.25, 0.3) is 5.91 Å². The molecule has 0 aliphatic carbocycles. The van der Waals surface area contributed by atoms with Crippen LogP contribution in [0.15, 0.2) is 35.6 Å². The number of hydrogen-bond donors (Lipinski definition) is 1. The zero-order chi connectivity index (χ0) is 24.3. The smallest absolute Gasteiger partial charge is 0.251 e. The molecule has 4 rings (SSSR count). The molecule has 1 N–H and O–H groups in total. The summed E-state index contributed by atoms with van der Waals surface area (Å²) in [6.45, 7) is 13.9. The molecule has 3 heterocycles. The number of carbonyl (C=O) groups is 1. The zero-order valence-corrected chi connectivity index (χ0v) is 21.8. The molecule has 3 aromatic rings. The number of piperidine rings is 1. The molecule has 0 unspecified atom stereocenters. The van der Waals surface area contributed by atoms with Gasteiger partial charge in [0, 0.05) is 30.4 Å². The Kier molecular flexibility index (Phi) is 7.45. The first kappa shape index (κ1) is 24.5. The maximum absolute atomic E-state index is 12.7. The normalized spacial score (nSPS) is 14.7. The molecule has 0 bridgehead atoms. The molecule has 8 heteroatoms. The van der Waals surface area contributed by atoms with E-state index in [9.17, 15) is 4.79 Å². The number of anilines is 1. The molecule has 0 radical (unpaired) electrons. The Bertz CT molecular complexity index is 1130. The van der Waals surface area contributed by atoms with Crippen LogP contribution in [0, 0.1) is 0 Å². The lowest BCUT2D eigenvalue weighted by atomic mass is 9.87. The van der Waals surface area contributed by atoms with Crippen molar-refractivity contribution in [3.8, 4) is 0 Å². The van der Waals surface area contributed by atoms with Gasteiger partial charge in [-0.3, -0.25) is 4.79 Å². The number of rotatable bonds is 7. The summed E-state index contributed by atoms with van der Waals surface area (Å²) in [6.07, 6.45) is 5.52. The van der Waals surface area contributed by atoms with Crippen LogP contribution in [0.2, 0.25) is 0 Å². The fourth-order valence-corrected chi connectivity index (χ4v) is 4.89. The molecule has 1 amide bonds. The summed E-state index contributed by atoms with van der Waals surface area (Å²) in [5, 5.41) is 9.80. The third-order valence-corrected chi connectivity index (χ3v) is 6.94. The van der Waals surface area contributed by atoms with E-state index >= 15 is 0 Å². The topological polar surface area (TPSA) is 75.9 Å². The number of hydrogen-bond acceptors (Lipinski definition) is 6. The summed E-state index contributed by atoms with van der Waals surface area (Å²) < 4.78 is 1.89. The number of nitrogens with zero attached hydrogens (tertiary/aromatic N) is 5. The molecule has 0 spiro atoms. The number of fused-ring (bicyclic) bond motifs is 1. The van der Waals surface area contributed by atoms with Crippen LogP contribution in [0.1, 0.15) is 69.8 Å². The lowest BCUT2D eigenvalue weighted by Gasteiger charge is -2.28. The van der Waals surface area contributed by atoms with E-state index in [1.54, 1.807) is 11.8 Å². The van der Waals surface area contributed by atoms with Crippen LogP contribution in [-0.2, 0) is 12.0 Å². The molecule has 1 saturated heterocycles. The van der Waals surface area contributed by atoms with Crippen molar-refractivity contribution in [1.29, 1.82) is 0 Å². The Labute approximate surface area is 206 Å². The van der Waals surface area contributed by atoms with Crippen molar-refractivity contribution >= 4 is 34.5 Å². The largest absolute Gasteiger partial charge is 0.356 e. The van der Waals surface area contributed by atoms with Crippen LogP contribution >= 0.6 is 11.8 Å². The van der Waals surface area contributed by atoms with Crippen LogP contribution in [-0.4, -0.2) is 50.5 Å². The second-order valence-electron chi connectivity index (χ2n) is 10.2. The van der Waals surface area contributed by atoms with Crippen molar-refractivity contribution in [3.63, 3.8) is 0 Å². The minimum Gasteiger partial charge on any atom is -0.356 e. The highest BCUT2D eigenvalue weighted by Crippen LogP contribution is 2.30. The van der Waals surface area contributed by atoms with Gasteiger partial charge in [-0.25, -0.2) is 14.6 Å².